The highest BCUT2D eigenvalue weighted by atomic mass is 32.1. The first-order valence-corrected chi connectivity index (χ1v) is 9.95. The Bertz CT molecular complexity index is 938. The predicted molar refractivity (Wildman–Crippen MR) is 108 cm³/mol. The highest BCUT2D eigenvalue weighted by Crippen LogP contribution is 2.30. The van der Waals surface area contributed by atoms with Crippen LogP contribution in [-0.2, 0) is 14.3 Å². The van der Waals surface area contributed by atoms with Crippen molar-refractivity contribution in [2.24, 2.45) is 5.92 Å². The Hall–Kier alpha value is -2.74. The molecule has 1 aliphatic heterocycles. The number of amides is 2. The number of aryl methyl sites for hydroxylation is 2. The molecule has 0 saturated carbocycles. The van der Waals surface area contributed by atoms with Gasteiger partial charge in [0.05, 0.1) is 18.2 Å². The average Bonchev–Trinajstić information content (AvgIpc) is 3.20. The number of nitrogens with one attached hydrogen (secondary N) is 1. The van der Waals surface area contributed by atoms with Gasteiger partial charge < -0.3 is 15.0 Å². The standard InChI is InChI=1S/C20H23N3O4S/c1-5-27-19(26)17-13(4)21-20(28-17)22-18(25)14-9-16(24)23(10-14)15-8-6-7-11(2)12(15)3/h6-8,14H,5,9-10H2,1-4H3,(H,21,22,25)/t14-/m0/s1. The molecule has 0 unspecified atom stereocenters. The molecule has 0 aliphatic carbocycles. The number of carbonyl (C=O) groups excluding carboxylic acids is 3. The van der Waals surface area contributed by atoms with Gasteiger partial charge in [0.1, 0.15) is 4.88 Å². The van der Waals surface area contributed by atoms with Crippen molar-refractivity contribution in [2.75, 3.05) is 23.4 Å². The lowest BCUT2D eigenvalue weighted by molar-refractivity contribution is -0.122. The maximum Gasteiger partial charge on any atom is 0.350 e. The van der Waals surface area contributed by atoms with Gasteiger partial charge in [-0.05, 0) is 44.9 Å². The molecule has 2 heterocycles. The molecule has 3 rings (SSSR count). The number of esters is 1. The van der Waals surface area contributed by atoms with Gasteiger partial charge in [-0.25, -0.2) is 9.78 Å². The zero-order valence-corrected chi connectivity index (χ0v) is 17.2. The maximum atomic E-state index is 12.7. The van der Waals surface area contributed by atoms with E-state index in [9.17, 15) is 14.4 Å². The first kappa shape index (κ1) is 20.0. The van der Waals surface area contributed by atoms with Crippen LogP contribution in [0.3, 0.4) is 0 Å². The van der Waals surface area contributed by atoms with E-state index in [0.29, 0.717) is 22.2 Å². The largest absolute Gasteiger partial charge is 0.462 e. The Morgan fingerprint density at radius 2 is 2.07 bits per heavy atom. The molecule has 1 aliphatic rings. The van der Waals surface area contributed by atoms with Gasteiger partial charge in [0.25, 0.3) is 0 Å². The number of carbonyl (C=O) groups is 3. The van der Waals surface area contributed by atoms with Gasteiger partial charge in [-0.1, -0.05) is 23.5 Å². The van der Waals surface area contributed by atoms with Crippen LogP contribution in [0, 0.1) is 26.7 Å². The smallest absolute Gasteiger partial charge is 0.350 e. The summed E-state index contributed by atoms with van der Waals surface area (Å²) in [4.78, 5) is 43.3. The van der Waals surface area contributed by atoms with Crippen molar-refractivity contribution in [2.45, 2.75) is 34.1 Å². The summed E-state index contributed by atoms with van der Waals surface area (Å²) in [6.45, 7) is 7.99. The van der Waals surface area contributed by atoms with Gasteiger partial charge in [0.15, 0.2) is 5.13 Å². The fourth-order valence-electron chi connectivity index (χ4n) is 3.19. The minimum atomic E-state index is -0.470. The van der Waals surface area contributed by atoms with Crippen molar-refractivity contribution in [3.8, 4) is 0 Å². The Morgan fingerprint density at radius 3 is 2.79 bits per heavy atom. The molecule has 1 N–H and O–H groups in total. The third kappa shape index (κ3) is 3.91. The zero-order chi connectivity index (χ0) is 20.4. The van der Waals surface area contributed by atoms with Crippen molar-refractivity contribution in [1.29, 1.82) is 0 Å². The first-order valence-electron chi connectivity index (χ1n) is 9.13. The lowest BCUT2D eigenvalue weighted by Crippen LogP contribution is -2.28. The second-order valence-corrected chi connectivity index (χ2v) is 7.77. The third-order valence-corrected chi connectivity index (χ3v) is 5.90. The first-order chi connectivity index (χ1) is 13.3. The van der Waals surface area contributed by atoms with E-state index in [-0.39, 0.29) is 24.8 Å². The number of anilines is 2. The number of hydrogen-bond acceptors (Lipinski definition) is 6. The molecule has 7 nitrogen and oxygen atoms in total. The van der Waals surface area contributed by atoms with Crippen LogP contribution < -0.4 is 10.2 Å². The van der Waals surface area contributed by atoms with Crippen LogP contribution in [0.4, 0.5) is 10.8 Å². The highest BCUT2D eigenvalue weighted by molar-refractivity contribution is 7.17. The number of thiazole rings is 1. The molecule has 0 bridgehead atoms. The summed E-state index contributed by atoms with van der Waals surface area (Å²) in [7, 11) is 0. The molecule has 1 atom stereocenters. The molecule has 1 aromatic carbocycles. The number of aromatic nitrogens is 1. The van der Waals surface area contributed by atoms with Gasteiger partial charge in [0.2, 0.25) is 11.8 Å². The number of nitrogens with zero attached hydrogens (tertiary/aromatic N) is 2. The van der Waals surface area contributed by atoms with Gasteiger partial charge in [-0.15, -0.1) is 0 Å². The second kappa shape index (κ2) is 8.10. The van der Waals surface area contributed by atoms with Crippen LogP contribution in [0.1, 0.15) is 39.8 Å². The Balaban J connectivity index is 1.71. The normalized spacial score (nSPS) is 16.4. The van der Waals surface area contributed by atoms with E-state index < -0.39 is 11.9 Å². The molecule has 1 saturated heterocycles. The molecule has 2 amide bonds. The van der Waals surface area contributed by atoms with Gasteiger partial charge in [0, 0.05) is 18.7 Å². The summed E-state index contributed by atoms with van der Waals surface area (Å²) < 4.78 is 4.99. The molecule has 0 radical (unpaired) electrons. The van der Waals surface area contributed by atoms with Crippen LogP contribution in [0.15, 0.2) is 18.2 Å². The second-order valence-electron chi connectivity index (χ2n) is 6.77. The Labute approximate surface area is 167 Å². The minimum absolute atomic E-state index is 0.0728. The van der Waals surface area contributed by atoms with E-state index >= 15 is 0 Å². The molecular formula is C20H23N3O4S. The summed E-state index contributed by atoms with van der Waals surface area (Å²) in [5, 5.41) is 3.08. The van der Waals surface area contributed by atoms with Crippen LogP contribution in [0.2, 0.25) is 0 Å². The highest BCUT2D eigenvalue weighted by Gasteiger charge is 2.36. The monoisotopic (exact) mass is 401 g/mol. The predicted octanol–water partition coefficient (Wildman–Crippen LogP) is 3.24. The quantitative estimate of drug-likeness (QED) is 0.777. The summed E-state index contributed by atoms with van der Waals surface area (Å²) >= 11 is 1.08. The molecule has 1 fully saturated rings. The fraction of sp³-hybridized carbons (Fsp3) is 0.400. The van der Waals surface area contributed by atoms with Gasteiger partial charge in [-0.2, -0.15) is 0 Å². The van der Waals surface area contributed by atoms with Crippen molar-refractivity contribution in [3.05, 3.63) is 39.9 Å². The zero-order valence-electron chi connectivity index (χ0n) is 16.4. The van der Waals surface area contributed by atoms with E-state index in [0.717, 1.165) is 28.2 Å². The van der Waals surface area contributed by atoms with Gasteiger partial charge >= 0.3 is 5.97 Å². The number of hydrogen-bond donors (Lipinski definition) is 1. The summed E-state index contributed by atoms with van der Waals surface area (Å²) in [6.07, 6.45) is 0.147. The van der Waals surface area contributed by atoms with Crippen LogP contribution in [-0.4, -0.2) is 35.9 Å². The van der Waals surface area contributed by atoms with Crippen molar-refractivity contribution >= 4 is 39.9 Å². The lowest BCUT2D eigenvalue weighted by atomic mass is 10.1. The van der Waals surface area contributed by atoms with Crippen molar-refractivity contribution < 1.29 is 19.1 Å². The molecule has 2 aromatic rings. The summed E-state index contributed by atoms with van der Waals surface area (Å²) in [6, 6.07) is 5.80. The molecule has 8 heteroatoms. The van der Waals surface area contributed by atoms with Crippen LogP contribution >= 0.6 is 11.3 Å². The summed E-state index contributed by atoms with van der Waals surface area (Å²) in [5.74, 6) is -1.26. The molecule has 0 spiro atoms. The van der Waals surface area contributed by atoms with Crippen molar-refractivity contribution in [3.63, 3.8) is 0 Å². The van der Waals surface area contributed by atoms with Crippen LogP contribution in [0.25, 0.3) is 0 Å². The van der Waals surface area contributed by atoms with Gasteiger partial charge in [-0.3, -0.25) is 9.59 Å². The maximum absolute atomic E-state index is 12.7. The van der Waals surface area contributed by atoms with E-state index in [4.69, 9.17) is 4.74 Å². The fourth-order valence-corrected chi connectivity index (χ4v) is 4.05. The Kier molecular flexibility index (Phi) is 5.79. The molecule has 148 valence electrons. The van der Waals surface area contributed by atoms with E-state index in [1.807, 2.05) is 32.0 Å². The number of ether oxygens (including phenoxy) is 1. The van der Waals surface area contributed by atoms with Crippen molar-refractivity contribution in [1.82, 2.24) is 4.98 Å². The number of rotatable bonds is 5. The van der Waals surface area contributed by atoms with E-state index in [1.165, 1.54) is 0 Å². The third-order valence-electron chi connectivity index (χ3n) is 4.85. The average molecular weight is 401 g/mol. The summed E-state index contributed by atoms with van der Waals surface area (Å²) in [5.41, 5.74) is 3.49. The minimum Gasteiger partial charge on any atom is -0.462 e. The van der Waals surface area contributed by atoms with E-state index in [1.54, 1.807) is 18.7 Å². The Morgan fingerprint density at radius 1 is 1.32 bits per heavy atom. The van der Waals surface area contributed by atoms with E-state index in [2.05, 4.69) is 10.3 Å². The number of benzene rings is 1. The van der Waals surface area contributed by atoms with Crippen LogP contribution in [0.5, 0.6) is 0 Å². The topological polar surface area (TPSA) is 88.6 Å². The molecule has 1 aromatic heterocycles. The SMILES string of the molecule is CCOC(=O)c1sc(NC(=O)[C@H]2CC(=O)N(c3cccc(C)c3C)C2)nc1C. The molecular weight excluding hydrogens is 378 g/mol. The molecule has 28 heavy (non-hydrogen) atoms. The lowest BCUT2D eigenvalue weighted by Gasteiger charge is -2.20.